The molecule has 1 saturated heterocycles. The first-order valence-corrected chi connectivity index (χ1v) is 8.56. The van der Waals surface area contributed by atoms with Gasteiger partial charge in [-0.05, 0) is 43.9 Å². The Balaban J connectivity index is 2.05. The lowest BCUT2D eigenvalue weighted by molar-refractivity contribution is -0.0917. The molecule has 1 aliphatic heterocycles. The van der Waals surface area contributed by atoms with Gasteiger partial charge in [0.05, 0.1) is 5.60 Å². The highest BCUT2D eigenvalue weighted by atomic mass is 79.9. The second-order valence-corrected chi connectivity index (χ2v) is 6.91. The van der Waals surface area contributed by atoms with Crippen LogP contribution >= 0.6 is 27.5 Å². The fourth-order valence-electron chi connectivity index (χ4n) is 2.85. The molecule has 0 aromatic heterocycles. The first kappa shape index (κ1) is 16.8. The van der Waals surface area contributed by atoms with Gasteiger partial charge >= 0.3 is 0 Å². The summed E-state index contributed by atoms with van der Waals surface area (Å²) in [7, 11) is 0. The van der Waals surface area contributed by atoms with Gasteiger partial charge in [-0.25, -0.2) is 0 Å². The number of nitrogens with one attached hydrogen (secondary N) is 1. The Hall–Kier alpha value is -0.580. The van der Waals surface area contributed by atoms with Crippen LogP contribution < -0.4 is 5.32 Å². The summed E-state index contributed by atoms with van der Waals surface area (Å²) in [6.45, 7) is 4.98. The van der Waals surface area contributed by atoms with Crippen LogP contribution in [-0.4, -0.2) is 24.2 Å². The molecule has 0 bridgehead atoms. The lowest BCUT2D eigenvalue weighted by atomic mass is 9.86. The van der Waals surface area contributed by atoms with Crippen LogP contribution in [-0.2, 0) is 4.74 Å². The maximum absolute atomic E-state index is 12.4. The van der Waals surface area contributed by atoms with Crippen molar-refractivity contribution in [1.29, 1.82) is 0 Å². The molecule has 1 fully saturated rings. The van der Waals surface area contributed by atoms with E-state index in [1.165, 1.54) is 0 Å². The van der Waals surface area contributed by atoms with Crippen molar-refractivity contribution >= 4 is 33.4 Å². The molecule has 1 N–H and O–H groups in total. The van der Waals surface area contributed by atoms with E-state index in [-0.39, 0.29) is 17.6 Å². The number of hydrogen-bond acceptors (Lipinski definition) is 2. The van der Waals surface area contributed by atoms with Crippen LogP contribution in [0.25, 0.3) is 0 Å². The van der Waals surface area contributed by atoms with Crippen molar-refractivity contribution in [2.75, 3.05) is 6.61 Å². The standard InChI is InChI=1S/C16H21BrClNO2/c1-3-16(4-2)10-14(5-6-21-16)19-15(20)11-7-12(17)9-13(18)8-11/h7-9,14H,3-6,10H2,1-2H3,(H,19,20). The fraction of sp³-hybridized carbons (Fsp3) is 0.562. The summed E-state index contributed by atoms with van der Waals surface area (Å²) in [6.07, 6.45) is 3.67. The van der Waals surface area contributed by atoms with Gasteiger partial charge in [-0.15, -0.1) is 0 Å². The fourth-order valence-corrected chi connectivity index (χ4v) is 3.71. The summed E-state index contributed by atoms with van der Waals surface area (Å²) < 4.78 is 6.75. The van der Waals surface area contributed by atoms with Crippen LogP contribution in [0, 0.1) is 0 Å². The number of benzene rings is 1. The molecule has 1 heterocycles. The predicted molar refractivity (Wildman–Crippen MR) is 88.9 cm³/mol. The van der Waals surface area contributed by atoms with E-state index in [4.69, 9.17) is 16.3 Å². The number of amides is 1. The van der Waals surface area contributed by atoms with Crippen molar-refractivity contribution in [3.63, 3.8) is 0 Å². The van der Waals surface area contributed by atoms with E-state index in [0.29, 0.717) is 17.2 Å². The quantitative estimate of drug-likeness (QED) is 0.838. The molecule has 1 aliphatic rings. The summed E-state index contributed by atoms with van der Waals surface area (Å²) in [5.41, 5.74) is 0.491. The Labute approximate surface area is 139 Å². The second kappa shape index (κ2) is 7.12. The minimum Gasteiger partial charge on any atom is -0.375 e. The minimum atomic E-state index is -0.0921. The maximum atomic E-state index is 12.4. The molecule has 2 rings (SSSR count). The molecule has 0 aliphatic carbocycles. The Morgan fingerprint density at radius 3 is 2.76 bits per heavy atom. The molecular formula is C16H21BrClNO2. The van der Waals surface area contributed by atoms with E-state index in [1.54, 1.807) is 18.2 Å². The lowest BCUT2D eigenvalue weighted by Crippen LogP contribution is -2.48. The molecule has 116 valence electrons. The third kappa shape index (κ3) is 4.21. The van der Waals surface area contributed by atoms with Crippen LogP contribution in [0.5, 0.6) is 0 Å². The Morgan fingerprint density at radius 2 is 2.14 bits per heavy atom. The van der Waals surface area contributed by atoms with Crippen molar-refractivity contribution in [3.8, 4) is 0 Å². The Bertz CT molecular complexity index is 497. The van der Waals surface area contributed by atoms with E-state index in [0.717, 1.165) is 30.2 Å². The van der Waals surface area contributed by atoms with Gasteiger partial charge in [0.1, 0.15) is 0 Å². The molecule has 1 atom stereocenters. The van der Waals surface area contributed by atoms with Gasteiger partial charge in [-0.3, -0.25) is 4.79 Å². The van der Waals surface area contributed by atoms with Gasteiger partial charge in [-0.2, -0.15) is 0 Å². The predicted octanol–water partition coefficient (Wildman–Crippen LogP) is 4.57. The van der Waals surface area contributed by atoms with Crippen LogP contribution in [0.3, 0.4) is 0 Å². The van der Waals surface area contributed by atoms with E-state index in [1.807, 2.05) is 0 Å². The van der Waals surface area contributed by atoms with E-state index < -0.39 is 0 Å². The number of rotatable bonds is 4. The lowest BCUT2D eigenvalue weighted by Gasteiger charge is -2.40. The molecule has 1 aromatic rings. The van der Waals surface area contributed by atoms with Crippen molar-refractivity contribution in [2.45, 2.75) is 51.2 Å². The van der Waals surface area contributed by atoms with Gasteiger partial charge < -0.3 is 10.1 Å². The van der Waals surface area contributed by atoms with Gasteiger partial charge in [0.15, 0.2) is 0 Å². The van der Waals surface area contributed by atoms with E-state index in [9.17, 15) is 4.79 Å². The normalized spacial score (nSPS) is 21.0. The SMILES string of the molecule is CCC1(CC)CC(NC(=O)c2cc(Cl)cc(Br)c2)CCO1. The van der Waals surface area contributed by atoms with Crippen LogP contribution in [0.1, 0.15) is 49.9 Å². The van der Waals surface area contributed by atoms with Crippen LogP contribution in [0.4, 0.5) is 0 Å². The highest BCUT2D eigenvalue weighted by Gasteiger charge is 2.35. The smallest absolute Gasteiger partial charge is 0.251 e. The maximum Gasteiger partial charge on any atom is 0.251 e. The van der Waals surface area contributed by atoms with Gasteiger partial charge in [-0.1, -0.05) is 41.4 Å². The molecule has 5 heteroatoms. The number of ether oxygens (including phenoxy) is 1. The summed E-state index contributed by atoms with van der Waals surface area (Å²) in [5.74, 6) is -0.0776. The summed E-state index contributed by atoms with van der Waals surface area (Å²) in [6, 6.07) is 5.40. The Morgan fingerprint density at radius 1 is 1.43 bits per heavy atom. The van der Waals surface area contributed by atoms with Crippen molar-refractivity contribution in [2.24, 2.45) is 0 Å². The molecule has 21 heavy (non-hydrogen) atoms. The summed E-state index contributed by atoms with van der Waals surface area (Å²) >= 11 is 9.36. The minimum absolute atomic E-state index is 0.0776. The monoisotopic (exact) mass is 373 g/mol. The third-order valence-electron chi connectivity index (χ3n) is 4.24. The average molecular weight is 375 g/mol. The zero-order valence-electron chi connectivity index (χ0n) is 12.4. The molecule has 1 amide bonds. The average Bonchev–Trinajstić information content (AvgIpc) is 2.46. The van der Waals surface area contributed by atoms with Crippen LogP contribution in [0.2, 0.25) is 5.02 Å². The molecule has 1 aromatic carbocycles. The Kier molecular flexibility index (Phi) is 5.69. The zero-order chi connectivity index (χ0) is 15.5. The van der Waals surface area contributed by atoms with Crippen molar-refractivity contribution in [1.82, 2.24) is 5.32 Å². The number of halogens is 2. The largest absolute Gasteiger partial charge is 0.375 e. The molecule has 1 unspecified atom stereocenters. The van der Waals surface area contributed by atoms with Gasteiger partial charge in [0.2, 0.25) is 0 Å². The van der Waals surface area contributed by atoms with Crippen LogP contribution in [0.15, 0.2) is 22.7 Å². The summed E-state index contributed by atoms with van der Waals surface area (Å²) in [5, 5.41) is 3.67. The van der Waals surface area contributed by atoms with Gasteiger partial charge in [0.25, 0.3) is 5.91 Å². The van der Waals surface area contributed by atoms with Crippen molar-refractivity contribution in [3.05, 3.63) is 33.3 Å². The summed E-state index contributed by atoms with van der Waals surface area (Å²) in [4.78, 5) is 12.4. The highest BCUT2D eigenvalue weighted by Crippen LogP contribution is 2.31. The first-order chi connectivity index (χ1) is 9.98. The topological polar surface area (TPSA) is 38.3 Å². The molecule has 0 radical (unpaired) electrons. The van der Waals surface area contributed by atoms with Gasteiger partial charge in [0, 0.05) is 27.7 Å². The third-order valence-corrected chi connectivity index (χ3v) is 4.92. The molecular weight excluding hydrogens is 354 g/mol. The number of carbonyl (C=O) groups excluding carboxylic acids is 1. The zero-order valence-corrected chi connectivity index (χ0v) is 14.8. The molecule has 0 spiro atoms. The second-order valence-electron chi connectivity index (χ2n) is 5.56. The van der Waals surface area contributed by atoms with E-state index in [2.05, 4.69) is 35.1 Å². The van der Waals surface area contributed by atoms with E-state index >= 15 is 0 Å². The number of carbonyl (C=O) groups is 1. The van der Waals surface area contributed by atoms with Crippen molar-refractivity contribution < 1.29 is 9.53 Å². The highest BCUT2D eigenvalue weighted by molar-refractivity contribution is 9.10. The number of hydrogen-bond donors (Lipinski definition) is 1. The molecule has 3 nitrogen and oxygen atoms in total. The first-order valence-electron chi connectivity index (χ1n) is 7.39. The molecule has 0 saturated carbocycles.